The van der Waals surface area contributed by atoms with Crippen LogP contribution in [-0.2, 0) is 29.2 Å². The maximum atomic E-state index is 9.57. The Morgan fingerprint density at radius 2 is 1.00 bits per heavy atom. The van der Waals surface area contributed by atoms with Gasteiger partial charge in [0, 0.05) is 0 Å². The van der Waals surface area contributed by atoms with Gasteiger partial charge in [0.05, 0.1) is 0 Å². The molecule has 1 aliphatic heterocycles. The number of unbranched alkanes of at least 4 members (excludes halogenated alkanes) is 2. The summed E-state index contributed by atoms with van der Waals surface area (Å²) in [7, 11) is 18.3. The maximum absolute atomic E-state index is 9.57. The summed E-state index contributed by atoms with van der Waals surface area (Å²) < 4.78 is 1.13. The fourth-order valence-corrected chi connectivity index (χ4v) is 39.7. The van der Waals surface area contributed by atoms with Crippen molar-refractivity contribution in [3.63, 3.8) is 0 Å². The molecule has 0 bridgehead atoms. The van der Waals surface area contributed by atoms with E-state index in [0.717, 1.165) is 51.4 Å². The zero-order valence-electron chi connectivity index (χ0n) is 37.7. The zero-order valence-corrected chi connectivity index (χ0v) is 43.1. The predicted molar refractivity (Wildman–Crippen MR) is 272 cm³/mol. The van der Waals surface area contributed by atoms with Crippen molar-refractivity contribution in [2.45, 2.75) is 100 Å². The van der Waals surface area contributed by atoms with Crippen LogP contribution < -0.4 is 13.6 Å². The van der Waals surface area contributed by atoms with Gasteiger partial charge in [-0.3, -0.25) is 0 Å². The van der Waals surface area contributed by atoms with Gasteiger partial charge < -0.3 is 0 Å². The van der Waals surface area contributed by atoms with E-state index in [0.29, 0.717) is 11.8 Å². The van der Waals surface area contributed by atoms with E-state index in [1.165, 1.54) is 91.6 Å². The topological polar surface area (TPSA) is 0 Å². The molecule has 0 spiro atoms. The normalized spacial score (nSPS) is 18.3. The van der Waals surface area contributed by atoms with Crippen molar-refractivity contribution in [1.82, 2.24) is 0 Å². The van der Waals surface area contributed by atoms with Crippen molar-refractivity contribution < 1.29 is 16.4 Å². The van der Waals surface area contributed by atoms with Crippen LogP contribution in [0.25, 0.3) is 45.5 Å². The monoisotopic (exact) mass is 947 g/mol. The van der Waals surface area contributed by atoms with Gasteiger partial charge in [-0.05, 0) is 0 Å². The zero-order chi connectivity index (χ0) is 43.2. The van der Waals surface area contributed by atoms with Gasteiger partial charge in [0.1, 0.15) is 0 Å². The molecule has 9 rings (SSSR count). The van der Waals surface area contributed by atoms with Crippen LogP contribution in [0.2, 0.25) is 0 Å². The first-order valence-electron chi connectivity index (χ1n) is 23.8. The van der Waals surface area contributed by atoms with Crippen molar-refractivity contribution in [2.75, 3.05) is 0 Å². The molecule has 4 heteroatoms. The molecule has 0 saturated carbocycles. The molecule has 0 nitrogen and oxygen atoms in total. The van der Waals surface area contributed by atoms with E-state index in [-0.39, 0.29) is 7.25 Å². The molecule has 62 heavy (non-hydrogen) atoms. The van der Waals surface area contributed by atoms with Gasteiger partial charge in [0.15, 0.2) is 0 Å². The molecule has 6 aromatic carbocycles. The van der Waals surface area contributed by atoms with Gasteiger partial charge in [0.25, 0.3) is 0 Å². The van der Waals surface area contributed by atoms with Crippen LogP contribution in [0.15, 0.2) is 139 Å². The van der Waals surface area contributed by atoms with E-state index in [2.05, 4.69) is 181 Å². The van der Waals surface area contributed by atoms with Gasteiger partial charge in [-0.15, -0.1) is 0 Å². The average Bonchev–Trinajstić information content (AvgIpc) is 4.03. The van der Waals surface area contributed by atoms with Gasteiger partial charge in [-0.25, -0.2) is 0 Å². The molecule has 0 amide bonds. The predicted octanol–water partition coefficient (Wildman–Crippen LogP) is 14.8. The van der Waals surface area contributed by atoms with E-state index < -0.39 is 25.9 Å². The van der Waals surface area contributed by atoms with E-state index in [9.17, 15) is 17.0 Å². The van der Waals surface area contributed by atoms with Crippen LogP contribution in [0.1, 0.15) is 121 Å². The molecule has 0 N–H and O–H groups in total. The fraction of sp³-hybridized carbons (Fsp3) is 0.310. The van der Waals surface area contributed by atoms with E-state index in [1.54, 1.807) is 0 Å². The Bertz CT molecular complexity index is 2560. The second-order valence-corrected chi connectivity index (χ2v) is 41.2. The number of rotatable bonds is 15. The summed E-state index contributed by atoms with van der Waals surface area (Å²) >= 11 is -5.74. The Balaban J connectivity index is 1.41. The summed E-state index contributed by atoms with van der Waals surface area (Å²) in [5.41, 5.74) is 19.2. The summed E-state index contributed by atoms with van der Waals surface area (Å²) in [5, 5.41) is 3.00. The Hall–Kier alpha value is -3.52. The number of fused-ring (bicyclic) bond motifs is 5. The molecule has 0 radical (unpaired) electrons. The molecule has 4 atom stereocenters. The first-order valence-corrected chi connectivity index (χ1v) is 35.6. The van der Waals surface area contributed by atoms with Crippen LogP contribution in [0.4, 0.5) is 0 Å². The molecule has 2 aliphatic carbocycles. The molecule has 317 valence electrons. The molecule has 0 saturated heterocycles. The summed E-state index contributed by atoms with van der Waals surface area (Å²) in [4.78, 5) is 0. The second kappa shape index (κ2) is 17.8. The standard InChI is InChI=1S/2C23H27.C12H9Si.2ClH.Zr/c2*1-4-6-10-19-13-14-20-15-21(17(3)5-2)16-22(20)23(19)18-11-8-7-9-12-18;1-3-7-11-9(5-1)10-6-2-4-8-12(10)13-11;;;/h2*7-9,11-17H,4-6,10H2,1-3H3;1-7H,13H2;2*1H;/q;;;;;+2/p-2. The molecule has 0 fully saturated rings. The number of hydrogen-bond donors (Lipinski definition) is 0. The third-order valence-corrected chi connectivity index (χ3v) is 37.8. The van der Waals surface area contributed by atoms with E-state index in [4.69, 9.17) is 0 Å². The van der Waals surface area contributed by atoms with Crippen LogP contribution in [-0.4, -0.2) is 9.52 Å². The summed E-state index contributed by atoms with van der Waals surface area (Å²) in [6.07, 6.45) is 14.0. The van der Waals surface area contributed by atoms with E-state index in [1.807, 2.05) is 0 Å². The van der Waals surface area contributed by atoms with Gasteiger partial charge in [0.2, 0.25) is 0 Å². The first-order chi connectivity index (χ1) is 30.1. The molecule has 3 aliphatic rings. The number of allylic oxidation sites excluding steroid dienone is 2. The van der Waals surface area contributed by atoms with Crippen molar-refractivity contribution in [2.24, 2.45) is 11.8 Å². The quantitative estimate of drug-likeness (QED) is 0.0899. The van der Waals surface area contributed by atoms with Crippen molar-refractivity contribution in [3.05, 3.63) is 172 Å². The van der Waals surface area contributed by atoms with Crippen molar-refractivity contribution in [1.29, 1.82) is 0 Å². The van der Waals surface area contributed by atoms with Gasteiger partial charge in [-0.1, -0.05) is 0 Å². The minimum atomic E-state index is -5.74. The Morgan fingerprint density at radius 3 is 1.48 bits per heavy atom. The van der Waals surface area contributed by atoms with Crippen LogP contribution in [0.5, 0.6) is 0 Å². The Morgan fingerprint density at radius 1 is 0.532 bits per heavy atom. The van der Waals surface area contributed by atoms with Crippen LogP contribution >= 0.6 is 17.0 Å². The third-order valence-electron chi connectivity index (χ3n) is 15.2. The number of halogens is 2. The van der Waals surface area contributed by atoms with Crippen LogP contribution in [0, 0.1) is 11.8 Å². The molecule has 1 heterocycles. The third kappa shape index (κ3) is 7.19. The molecule has 6 aromatic rings. The van der Waals surface area contributed by atoms with E-state index >= 15 is 0 Å². The SMILES string of the molecule is CCCCc1ccc2c(c1-c1ccccc1)C=C(C(C)CC)[CH]2[Zr]([Cl])([Cl])([c]1cccc2c1[SiH2]c1ccccc1-2)[CH]1C(C(C)CC)=Cc2c1ccc(CCCC)c2-c1ccccc1. The van der Waals surface area contributed by atoms with Gasteiger partial charge >= 0.3 is 386 Å². The Kier molecular flexibility index (Phi) is 12.6. The number of aryl methyl sites for hydroxylation is 2. The number of benzene rings is 6. The average molecular weight is 950 g/mol. The fourth-order valence-electron chi connectivity index (χ4n) is 11.7. The van der Waals surface area contributed by atoms with Gasteiger partial charge in [-0.2, -0.15) is 0 Å². The first kappa shape index (κ1) is 43.7. The van der Waals surface area contributed by atoms with Crippen LogP contribution in [0.3, 0.4) is 0 Å². The molecule has 0 aromatic heterocycles. The summed E-state index contributed by atoms with van der Waals surface area (Å²) in [6.45, 7) is 14.2. The molecule has 4 unspecified atom stereocenters. The summed E-state index contributed by atoms with van der Waals surface area (Å²) in [5.74, 6) is 0.611. The Labute approximate surface area is 383 Å². The molecular formula is C58H63Cl2SiZr. The second-order valence-electron chi connectivity index (χ2n) is 18.7. The minimum absolute atomic E-state index is 0.0972. The molecular weight excluding hydrogens is 887 g/mol. The van der Waals surface area contributed by atoms with Crippen molar-refractivity contribution in [3.8, 4) is 33.4 Å². The van der Waals surface area contributed by atoms with Crippen molar-refractivity contribution >= 4 is 52.3 Å². The summed E-state index contributed by atoms with van der Waals surface area (Å²) in [6, 6.07) is 48.5. The number of hydrogen-bond acceptors (Lipinski definition) is 0.